The number of halogens is 3. The summed E-state index contributed by atoms with van der Waals surface area (Å²) in [5.74, 6) is 0.0935. The maximum Gasteiger partial charge on any atom is 0.162 e. The highest BCUT2D eigenvalue weighted by Crippen LogP contribution is 2.30. The predicted octanol–water partition coefficient (Wildman–Crippen LogP) is 3.77. The first-order valence-corrected chi connectivity index (χ1v) is 6.90. The summed E-state index contributed by atoms with van der Waals surface area (Å²) in [6, 6.07) is 4.40. The Balaban J connectivity index is 2.15. The van der Waals surface area contributed by atoms with E-state index in [1.165, 1.54) is 12.1 Å². The standard InChI is InChI=1S/C13H9BrClFN2O/c14-10-2-1-7(16)5-8(10)13-17-11-3-4-19-6-9(11)12(15)18-13/h1-2,5H,3-4,6H2. The molecule has 1 aliphatic heterocycles. The van der Waals surface area contributed by atoms with Crippen molar-refractivity contribution in [1.82, 2.24) is 9.97 Å². The molecule has 0 saturated carbocycles. The van der Waals surface area contributed by atoms with Gasteiger partial charge in [0, 0.05) is 22.0 Å². The quantitative estimate of drug-likeness (QED) is 0.739. The van der Waals surface area contributed by atoms with Crippen molar-refractivity contribution in [3.63, 3.8) is 0 Å². The van der Waals surface area contributed by atoms with Gasteiger partial charge in [0.05, 0.1) is 18.9 Å². The Labute approximate surface area is 122 Å². The lowest BCUT2D eigenvalue weighted by Crippen LogP contribution is -2.14. The monoisotopic (exact) mass is 342 g/mol. The van der Waals surface area contributed by atoms with Crippen LogP contribution in [0.15, 0.2) is 22.7 Å². The van der Waals surface area contributed by atoms with Gasteiger partial charge in [0.15, 0.2) is 5.82 Å². The van der Waals surface area contributed by atoms with Crippen LogP contribution in [0.5, 0.6) is 0 Å². The highest BCUT2D eigenvalue weighted by Gasteiger charge is 2.18. The van der Waals surface area contributed by atoms with Gasteiger partial charge in [-0.1, -0.05) is 27.5 Å². The summed E-state index contributed by atoms with van der Waals surface area (Å²) < 4.78 is 19.4. The van der Waals surface area contributed by atoms with Gasteiger partial charge in [-0.15, -0.1) is 0 Å². The fraction of sp³-hybridized carbons (Fsp3) is 0.231. The lowest BCUT2D eigenvalue weighted by molar-refractivity contribution is 0.109. The number of benzene rings is 1. The molecule has 0 atom stereocenters. The van der Waals surface area contributed by atoms with E-state index in [0.717, 1.165) is 15.7 Å². The van der Waals surface area contributed by atoms with Crippen molar-refractivity contribution in [2.24, 2.45) is 0 Å². The Morgan fingerprint density at radius 2 is 2.16 bits per heavy atom. The van der Waals surface area contributed by atoms with Crippen molar-refractivity contribution in [3.8, 4) is 11.4 Å². The van der Waals surface area contributed by atoms with Gasteiger partial charge in [0.1, 0.15) is 11.0 Å². The van der Waals surface area contributed by atoms with Crippen LogP contribution >= 0.6 is 27.5 Å². The minimum Gasteiger partial charge on any atom is -0.376 e. The molecule has 0 fully saturated rings. The Morgan fingerprint density at radius 3 is 3.00 bits per heavy atom. The van der Waals surface area contributed by atoms with E-state index < -0.39 is 0 Å². The number of ether oxygens (including phenoxy) is 1. The Morgan fingerprint density at radius 1 is 1.32 bits per heavy atom. The highest BCUT2D eigenvalue weighted by molar-refractivity contribution is 9.10. The molecule has 1 aromatic carbocycles. The average Bonchev–Trinajstić information content (AvgIpc) is 2.41. The number of hydrogen-bond acceptors (Lipinski definition) is 3. The van der Waals surface area contributed by atoms with Gasteiger partial charge < -0.3 is 4.74 Å². The van der Waals surface area contributed by atoms with Crippen molar-refractivity contribution in [2.45, 2.75) is 13.0 Å². The smallest absolute Gasteiger partial charge is 0.162 e. The summed E-state index contributed by atoms with van der Waals surface area (Å²) >= 11 is 9.52. The molecule has 2 aromatic rings. The van der Waals surface area contributed by atoms with Crippen molar-refractivity contribution in [1.29, 1.82) is 0 Å². The normalized spacial score (nSPS) is 14.3. The van der Waals surface area contributed by atoms with Gasteiger partial charge in [-0.3, -0.25) is 0 Å². The summed E-state index contributed by atoms with van der Waals surface area (Å²) in [5.41, 5.74) is 2.29. The number of aromatic nitrogens is 2. The zero-order valence-corrected chi connectivity index (χ0v) is 12.1. The maximum atomic E-state index is 13.3. The fourth-order valence-electron chi connectivity index (χ4n) is 1.98. The van der Waals surface area contributed by atoms with E-state index in [-0.39, 0.29) is 5.82 Å². The van der Waals surface area contributed by atoms with Crippen LogP contribution in [-0.2, 0) is 17.8 Å². The van der Waals surface area contributed by atoms with Crippen molar-refractivity contribution >= 4 is 27.5 Å². The van der Waals surface area contributed by atoms with Gasteiger partial charge in [-0.25, -0.2) is 14.4 Å². The summed E-state index contributed by atoms with van der Waals surface area (Å²) in [4.78, 5) is 8.71. The van der Waals surface area contributed by atoms with Crippen molar-refractivity contribution in [3.05, 3.63) is 44.9 Å². The molecule has 6 heteroatoms. The van der Waals surface area contributed by atoms with Crippen LogP contribution in [0.4, 0.5) is 4.39 Å². The highest BCUT2D eigenvalue weighted by atomic mass is 79.9. The largest absolute Gasteiger partial charge is 0.376 e. The summed E-state index contributed by atoms with van der Waals surface area (Å²) in [7, 11) is 0. The van der Waals surface area contributed by atoms with Crippen molar-refractivity contribution < 1.29 is 9.13 Å². The minimum atomic E-state index is -0.334. The van der Waals surface area contributed by atoms with Crippen LogP contribution in [-0.4, -0.2) is 16.6 Å². The molecule has 0 amide bonds. The first-order valence-electron chi connectivity index (χ1n) is 5.73. The molecule has 3 nitrogen and oxygen atoms in total. The first kappa shape index (κ1) is 13.0. The third-order valence-corrected chi connectivity index (χ3v) is 3.95. The van der Waals surface area contributed by atoms with E-state index in [1.807, 2.05) is 0 Å². The zero-order valence-electron chi connectivity index (χ0n) is 9.79. The molecule has 2 heterocycles. The number of fused-ring (bicyclic) bond motifs is 1. The molecular weight excluding hydrogens is 335 g/mol. The van der Waals surface area contributed by atoms with Gasteiger partial charge >= 0.3 is 0 Å². The molecular formula is C13H9BrClFN2O. The van der Waals surface area contributed by atoms with Crippen molar-refractivity contribution in [2.75, 3.05) is 6.61 Å². The molecule has 0 aliphatic carbocycles. The maximum absolute atomic E-state index is 13.3. The molecule has 0 unspecified atom stereocenters. The van der Waals surface area contributed by atoms with E-state index in [1.54, 1.807) is 6.07 Å². The average molecular weight is 344 g/mol. The van der Waals surface area contributed by atoms with Crippen LogP contribution in [0.25, 0.3) is 11.4 Å². The second-order valence-electron chi connectivity index (χ2n) is 4.19. The zero-order chi connectivity index (χ0) is 13.4. The molecule has 0 saturated heterocycles. The third kappa shape index (κ3) is 2.50. The van der Waals surface area contributed by atoms with Crippen LogP contribution in [0.3, 0.4) is 0 Å². The predicted molar refractivity (Wildman–Crippen MR) is 73.5 cm³/mol. The number of hydrogen-bond donors (Lipinski definition) is 0. The van der Waals surface area contributed by atoms with Crippen LogP contribution in [0.1, 0.15) is 11.3 Å². The van der Waals surface area contributed by atoms with Gasteiger partial charge in [0.2, 0.25) is 0 Å². The van der Waals surface area contributed by atoms with E-state index in [2.05, 4.69) is 25.9 Å². The molecule has 0 N–H and O–H groups in total. The van der Waals surface area contributed by atoms with Crippen LogP contribution in [0, 0.1) is 5.82 Å². The minimum absolute atomic E-state index is 0.334. The molecule has 0 bridgehead atoms. The molecule has 0 spiro atoms. The molecule has 1 aliphatic rings. The topological polar surface area (TPSA) is 35.0 Å². The van der Waals surface area contributed by atoms with Crippen LogP contribution in [0.2, 0.25) is 5.15 Å². The summed E-state index contributed by atoms with van der Waals surface area (Å²) in [6.07, 6.45) is 0.692. The first-order chi connectivity index (χ1) is 9.15. The fourth-order valence-corrected chi connectivity index (χ4v) is 2.65. The Kier molecular flexibility index (Phi) is 3.52. The van der Waals surface area contributed by atoms with Gasteiger partial charge in [-0.05, 0) is 18.2 Å². The Hall–Kier alpha value is -1.04. The molecule has 3 rings (SSSR count). The summed E-state index contributed by atoms with van der Waals surface area (Å²) in [5, 5.41) is 0.371. The van der Waals surface area contributed by atoms with Crippen LogP contribution < -0.4 is 0 Å². The van der Waals surface area contributed by atoms with E-state index >= 15 is 0 Å². The van der Waals surface area contributed by atoms with Gasteiger partial charge in [0.25, 0.3) is 0 Å². The second-order valence-corrected chi connectivity index (χ2v) is 5.40. The molecule has 0 radical (unpaired) electrons. The lowest BCUT2D eigenvalue weighted by Gasteiger charge is -2.17. The Bertz CT molecular complexity index is 651. The number of rotatable bonds is 1. The van der Waals surface area contributed by atoms with Gasteiger partial charge in [-0.2, -0.15) is 0 Å². The van der Waals surface area contributed by atoms with E-state index in [0.29, 0.717) is 36.2 Å². The number of nitrogens with zero attached hydrogens (tertiary/aromatic N) is 2. The van der Waals surface area contributed by atoms with E-state index in [4.69, 9.17) is 16.3 Å². The molecule has 19 heavy (non-hydrogen) atoms. The SMILES string of the molecule is Fc1ccc(Br)c(-c2nc(Cl)c3c(n2)CCOC3)c1. The molecule has 1 aromatic heterocycles. The second kappa shape index (κ2) is 5.15. The van der Waals surface area contributed by atoms with E-state index in [9.17, 15) is 4.39 Å². The third-order valence-electron chi connectivity index (χ3n) is 2.94. The summed E-state index contributed by atoms with van der Waals surface area (Å²) in [6.45, 7) is 1.04. The molecule has 98 valence electrons. The lowest BCUT2D eigenvalue weighted by atomic mass is 10.1.